The van der Waals surface area contributed by atoms with E-state index in [9.17, 15) is 9.59 Å². The molecule has 0 bridgehead atoms. The van der Waals surface area contributed by atoms with Gasteiger partial charge in [-0.2, -0.15) is 0 Å². The highest BCUT2D eigenvalue weighted by molar-refractivity contribution is 5.91. The smallest absolute Gasteiger partial charge is 0.407 e. The Labute approximate surface area is 117 Å². The largest absolute Gasteiger partial charge is 0.465 e. The zero-order valence-corrected chi connectivity index (χ0v) is 11.4. The van der Waals surface area contributed by atoms with Gasteiger partial charge in [-0.1, -0.05) is 17.7 Å². The minimum absolute atomic E-state index is 0.160. The van der Waals surface area contributed by atoms with Crippen LogP contribution >= 0.6 is 0 Å². The molecular weight excluding hydrogens is 258 g/mol. The third kappa shape index (κ3) is 3.71. The van der Waals surface area contributed by atoms with Gasteiger partial charge < -0.3 is 20.6 Å². The van der Waals surface area contributed by atoms with Crippen LogP contribution in [0.2, 0.25) is 0 Å². The van der Waals surface area contributed by atoms with Crippen LogP contribution in [0.15, 0.2) is 24.3 Å². The van der Waals surface area contributed by atoms with E-state index in [1.165, 1.54) is 4.90 Å². The zero-order chi connectivity index (χ0) is 14.5. The van der Waals surface area contributed by atoms with Crippen LogP contribution in [0, 0.1) is 6.92 Å². The molecule has 1 atom stereocenters. The summed E-state index contributed by atoms with van der Waals surface area (Å²) in [4.78, 5) is 24.4. The standard InChI is InChI=1S/C14H19N3O3/c1-10-2-4-11(5-3-10)16-13(18)8-12-9-15-6-7-17(12)14(19)20/h2-5,12,15H,6-9H2,1H3,(H,16,18)(H,19,20). The first-order chi connectivity index (χ1) is 9.56. The number of hydrogen-bond acceptors (Lipinski definition) is 3. The van der Waals surface area contributed by atoms with E-state index in [1.807, 2.05) is 31.2 Å². The minimum Gasteiger partial charge on any atom is -0.465 e. The summed E-state index contributed by atoms with van der Waals surface area (Å²) in [7, 11) is 0. The van der Waals surface area contributed by atoms with Gasteiger partial charge in [-0.3, -0.25) is 4.79 Å². The number of hydrogen-bond donors (Lipinski definition) is 3. The highest BCUT2D eigenvalue weighted by Crippen LogP contribution is 2.12. The molecular formula is C14H19N3O3. The number of aryl methyl sites for hydroxylation is 1. The van der Waals surface area contributed by atoms with Crippen molar-refractivity contribution in [2.75, 3.05) is 25.0 Å². The van der Waals surface area contributed by atoms with Gasteiger partial charge >= 0.3 is 6.09 Å². The molecule has 0 radical (unpaired) electrons. The lowest BCUT2D eigenvalue weighted by atomic mass is 10.1. The van der Waals surface area contributed by atoms with Gasteiger partial charge in [0.1, 0.15) is 0 Å². The third-order valence-corrected chi connectivity index (χ3v) is 3.35. The van der Waals surface area contributed by atoms with Crippen molar-refractivity contribution in [3.8, 4) is 0 Å². The summed E-state index contributed by atoms with van der Waals surface area (Å²) < 4.78 is 0. The second kappa shape index (κ2) is 6.38. The van der Waals surface area contributed by atoms with Crippen molar-refractivity contribution in [1.82, 2.24) is 10.2 Å². The number of carbonyl (C=O) groups excluding carboxylic acids is 1. The van der Waals surface area contributed by atoms with Crippen molar-refractivity contribution in [2.24, 2.45) is 0 Å². The van der Waals surface area contributed by atoms with Crippen molar-refractivity contribution in [1.29, 1.82) is 0 Å². The highest BCUT2D eigenvalue weighted by Gasteiger charge is 2.27. The fourth-order valence-corrected chi connectivity index (χ4v) is 2.26. The Balaban J connectivity index is 1.92. The average molecular weight is 277 g/mol. The topological polar surface area (TPSA) is 81.7 Å². The van der Waals surface area contributed by atoms with E-state index >= 15 is 0 Å². The first-order valence-corrected chi connectivity index (χ1v) is 6.63. The van der Waals surface area contributed by atoms with Gasteiger partial charge in [-0.15, -0.1) is 0 Å². The maximum Gasteiger partial charge on any atom is 0.407 e. The molecule has 1 aliphatic heterocycles. The summed E-state index contributed by atoms with van der Waals surface area (Å²) in [6.45, 7) is 3.53. The Hall–Kier alpha value is -2.08. The van der Waals surface area contributed by atoms with Gasteiger partial charge in [0.25, 0.3) is 0 Å². The second-order valence-electron chi connectivity index (χ2n) is 4.95. The normalized spacial score (nSPS) is 18.6. The number of nitrogens with one attached hydrogen (secondary N) is 2. The van der Waals surface area contributed by atoms with Gasteiger partial charge in [0.2, 0.25) is 5.91 Å². The minimum atomic E-state index is -0.973. The quantitative estimate of drug-likeness (QED) is 0.777. The van der Waals surface area contributed by atoms with E-state index in [2.05, 4.69) is 10.6 Å². The summed E-state index contributed by atoms with van der Waals surface area (Å²) >= 11 is 0. The van der Waals surface area contributed by atoms with Crippen molar-refractivity contribution in [3.63, 3.8) is 0 Å². The van der Waals surface area contributed by atoms with E-state index in [-0.39, 0.29) is 18.4 Å². The van der Waals surface area contributed by atoms with Crippen LogP contribution in [0.1, 0.15) is 12.0 Å². The van der Waals surface area contributed by atoms with Gasteiger partial charge in [-0.25, -0.2) is 4.79 Å². The van der Waals surface area contributed by atoms with Crippen molar-refractivity contribution in [2.45, 2.75) is 19.4 Å². The second-order valence-corrected chi connectivity index (χ2v) is 4.95. The molecule has 1 unspecified atom stereocenters. The molecule has 0 saturated carbocycles. The molecule has 6 heteroatoms. The average Bonchev–Trinajstić information content (AvgIpc) is 2.41. The van der Waals surface area contributed by atoms with E-state index < -0.39 is 6.09 Å². The molecule has 0 aromatic heterocycles. The molecule has 1 fully saturated rings. The Morgan fingerprint density at radius 1 is 1.40 bits per heavy atom. The summed E-state index contributed by atoms with van der Waals surface area (Å²) in [5.74, 6) is -0.172. The van der Waals surface area contributed by atoms with Crippen LogP contribution < -0.4 is 10.6 Å². The van der Waals surface area contributed by atoms with E-state index in [1.54, 1.807) is 0 Å². The van der Waals surface area contributed by atoms with E-state index in [4.69, 9.17) is 5.11 Å². The van der Waals surface area contributed by atoms with Crippen LogP contribution in [0.5, 0.6) is 0 Å². The lowest BCUT2D eigenvalue weighted by Gasteiger charge is -2.33. The number of nitrogens with zero attached hydrogens (tertiary/aromatic N) is 1. The molecule has 3 N–H and O–H groups in total. The monoisotopic (exact) mass is 277 g/mol. The third-order valence-electron chi connectivity index (χ3n) is 3.35. The highest BCUT2D eigenvalue weighted by atomic mass is 16.4. The molecule has 0 aliphatic carbocycles. The molecule has 1 saturated heterocycles. The number of benzene rings is 1. The molecule has 1 aromatic rings. The fourth-order valence-electron chi connectivity index (χ4n) is 2.26. The predicted molar refractivity (Wildman–Crippen MR) is 75.8 cm³/mol. The molecule has 108 valence electrons. The Morgan fingerprint density at radius 3 is 2.75 bits per heavy atom. The molecule has 6 nitrogen and oxygen atoms in total. The maximum atomic E-state index is 12.0. The first-order valence-electron chi connectivity index (χ1n) is 6.63. The van der Waals surface area contributed by atoms with Crippen molar-refractivity contribution >= 4 is 17.7 Å². The van der Waals surface area contributed by atoms with E-state index in [0.29, 0.717) is 19.6 Å². The van der Waals surface area contributed by atoms with Gasteiger partial charge in [0, 0.05) is 31.7 Å². The van der Waals surface area contributed by atoms with Gasteiger partial charge in [0.05, 0.1) is 6.04 Å². The number of amides is 2. The lowest BCUT2D eigenvalue weighted by molar-refractivity contribution is -0.117. The molecule has 1 heterocycles. The zero-order valence-electron chi connectivity index (χ0n) is 11.4. The summed E-state index contributed by atoms with van der Waals surface area (Å²) in [6.07, 6.45) is -0.813. The van der Waals surface area contributed by atoms with Crippen LogP contribution in [0.3, 0.4) is 0 Å². The Bertz CT molecular complexity index is 487. The van der Waals surface area contributed by atoms with E-state index in [0.717, 1.165) is 11.3 Å². The summed E-state index contributed by atoms with van der Waals surface area (Å²) in [5, 5.41) is 15.0. The maximum absolute atomic E-state index is 12.0. The number of rotatable bonds is 3. The molecule has 1 aliphatic rings. The number of carbonyl (C=O) groups is 2. The Kier molecular flexibility index (Phi) is 4.57. The Morgan fingerprint density at radius 2 is 2.10 bits per heavy atom. The van der Waals surface area contributed by atoms with Gasteiger partial charge in [0.15, 0.2) is 0 Å². The lowest BCUT2D eigenvalue weighted by Crippen LogP contribution is -2.54. The number of piperazine rings is 1. The number of carboxylic acid groups (broad SMARTS) is 1. The van der Waals surface area contributed by atoms with Crippen LogP contribution in [0.4, 0.5) is 10.5 Å². The summed E-state index contributed by atoms with van der Waals surface area (Å²) in [5.41, 5.74) is 1.85. The van der Waals surface area contributed by atoms with Gasteiger partial charge in [-0.05, 0) is 19.1 Å². The SMILES string of the molecule is Cc1ccc(NC(=O)CC2CNCCN2C(=O)O)cc1. The van der Waals surface area contributed by atoms with Crippen LogP contribution in [0.25, 0.3) is 0 Å². The van der Waals surface area contributed by atoms with Crippen LogP contribution in [-0.4, -0.2) is 47.7 Å². The molecule has 20 heavy (non-hydrogen) atoms. The molecule has 2 amide bonds. The predicted octanol–water partition coefficient (Wildman–Crippen LogP) is 1.28. The number of anilines is 1. The van der Waals surface area contributed by atoms with Crippen molar-refractivity contribution < 1.29 is 14.7 Å². The molecule has 2 rings (SSSR count). The first kappa shape index (κ1) is 14.3. The summed E-state index contributed by atoms with van der Waals surface area (Å²) in [6, 6.07) is 7.19. The van der Waals surface area contributed by atoms with Crippen molar-refractivity contribution in [3.05, 3.63) is 29.8 Å². The molecule has 1 aromatic carbocycles. The van der Waals surface area contributed by atoms with Crippen LogP contribution in [-0.2, 0) is 4.79 Å². The molecule has 0 spiro atoms. The fraction of sp³-hybridized carbons (Fsp3) is 0.429.